The number of hydrogen-bond acceptors (Lipinski definition) is 4. The van der Waals surface area contributed by atoms with Crippen LogP contribution < -0.4 is 4.74 Å². The lowest BCUT2D eigenvalue weighted by Gasteiger charge is -2.28. The average Bonchev–Trinajstić information content (AvgIpc) is 2.36. The minimum absolute atomic E-state index is 0.172. The molecule has 0 radical (unpaired) electrons. The van der Waals surface area contributed by atoms with E-state index < -0.39 is 10.1 Å². The van der Waals surface area contributed by atoms with Gasteiger partial charge >= 0.3 is 0 Å². The Bertz CT molecular complexity index is 542. The van der Waals surface area contributed by atoms with E-state index in [4.69, 9.17) is 9.29 Å². The van der Waals surface area contributed by atoms with E-state index in [1.165, 1.54) is 11.1 Å². The second kappa shape index (κ2) is 5.90. The molecule has 0 bridgehead atoms. The molecule has 1 N–H and O–H groups in total. The molecule has 1 aromatic carbocycles. The molecule has 6 heteroatoms. The molecule has 1 aliphatic rings. The van der Waals surface area contributed by atoms with Crippen LogP contribution in [0.1, 0.15) is 17.5 Å². The fraction of sp³-hybridized carbons (Fsp3) is 0.538. The summed E-state index contributed by atoms with van der Waals surface area (Å²) in [4.78, 5) is 2.20. The average molecular weight is 285 g/mol. The van der Waals surface area contributed by atoms with Gasteiger partial charge in [-0.15, -0.1) is 0 Å². The van der Waals surface area contributed by atoms with Gasteiger partial charge in [0.1, 0.15) is 5.75 Å². The Kier molecular flexibility index (Phi) is 4.44. The molecule has 0 spiro atoms. The normalized spacial score (nSPS) is 16.1. The van der Waals surface area contributed by atoms with Crippen molar-refractivity contribution in [3.63, 3.8) is 0 Å². The second-order valence-corrected chi connectivity index (χ2v) is 6.37. The van der Waals surface area contributed by atoms with Gasteiger partial charge in [-0.1, -0.05) is 6.07 Å². The maximum atomic E-state index is 10.7. The third-order valence-corrected chi connectivity index (χ3v) is 4.19. The largest absolute Gasteiger partial charge is 0.497 e. The topological polar surface area (TPSA) is 66.8 Å². The van der Waals surface area contributed by atoms with Gasteiger partial charge in [0.15, 0.2) is 0 Å². The van der Waals surface area contributed by atoms with Gasteiger partial charge in [0.2, 0.25) is 0 Å². The van der Waals surface area contributed by atoms with Gasteiger partial charge in [0.05, 0.1) is 12.9 Å². The van der Waals surface area contributed by atoms with Crippen LogP contribution in [0.2, 0.25) is 0 Å². The second-order valence-electron chi connectivity index (χ2n) is 4.80. The smallest absolute Gasteiger partial charge is 0.264 e. The van der Waals surface area contributed by atoms with E-state index >= 15 is 0 Å². The fourth-order valence-corrected chi connectivity index (χ4v) is 2.87. The summed E-state index contributed by atoms with van der Waals surface area (Å²) in [6, 6.07) is 6.08. The zero-order chi connectivity index (χ0) is 13.9. The molecule has 19 heavy (non-hydrogen) atoms. The minimum atomic E-state index is -3.84. The summed E-state index contributed by atoms with van der Waals surface area (Å²) in [7, 11) is -2.20. The van der Waals surface area contributed by atoms with Crippen molar-refractivity contribution in [2.75, 3.05) is 26.0 Å². The SMILES string of the molecule is COc1ccc2c(c1)CN(CCCS(=O)(=O)O)CC2. The molecule has 0 saturated heterocycles. The van der Waals surface area contributed by atoms with Gasteiger partial charge in [0, 0.05) is 13.1 Å². The first-order valence-corrected chi connectivity index (χ1v) is 7.92. The molecule has 1 aromatic rings. The first-order valence-electron chi connectivity index (χ1n) is 6.31. The molecule has 106 valence electrons. The van der Waals surface area contributed by atoms with Crippen LogP contribution in [0.3, 0.4) is 0 Å². The van der Waals surface area contributed by atoms with Gasteiger partial charge in [0.25, 0.3) is 10.1 Å². The van der Waals surface area contributed by atoms with Crippen LogP contribution in [0.15, 0.2) is 18.2 Å². The summed E-state index contributed by atoms with van der Waals surface area (Å²) in [5, 5.41) is 0. The van der Waals surface area contributed by atoms with Crippen molar-refractivity contribution in [3.05, 3.63) is 29.3 Å². The molecule has 2 rings (SSSR count). The Labute approximate surface area is 113 Å². The quantitative estimate of drug-likeness (QED) is 0.827. The van der Waals surface area contributed by atoms with Crippen molar-refractivity contribution in [1.82, 2.24) is 4.90 Å². The maximum absolute atomic E-state index is 10.7. The summed E-state index contributed by atoms with van der Waals surface area (Å²) >= 11 is 0. The first kappa shape index (κ1) is 14.3. The van der Waals surface area contributed by atoms with Crippen molar-refractivity contribution < 1.29 is 17.7 Å². The lowest BCUT2D eigenvalue weighted by atomic mass is 9.99. The summed E-state index contributed by atoms with van der Waals surface area (Å²) in [5.41, 5.74) is 2.56. The number of rotatable bonds is 5. The van der Waals surface area contributed by atoms with Crippen molar-refractivity contribution in [2.45, 2.75) is 19.4 Å². The molecule has 5 nitrogen and oxygen atoms in total. The van der Waals surface area contributed by atoms with Gasteiger partial charge in [-0.25, -0.2) is 0 Å². The number of nitrogens with zero attached hydrogens (tertiary/aromatic N) is 1. The maximum Gasteiger partial charge on any atom is 0.264 e. The standard InChI is InChI=1S/C13H19NO4S/c1-18-13-4-3-11-5-7-14(10-12(11)9-13)6-2-8-19(15,16)17/h3-4,9H,2,5-8,10H2,1H3,(H,15,16,17). The highest BCUT2D eigenvalue weighted by Gasteiger charge is 2.17. The molecular weight excluding hydrogens is 266 g/mol. The Hall–Kier alpha value is -1.11. The van der Waals surface area contributed by atoms with E-state index in [0.29, 0.717) is 13.0 Å². The number of ether oxygens (including phenoxy) is 1. The molecule has 0 amide bonds. The Morgan fingerprint density at radius 1 is 1.37 bits per heavy atom. The van der Waals surface area contributed by atoms with Gasteiger partial charge < -0.3 is 4.74 Å². The van der Waals surface area contributed by atoms with E-state index in [1.807, 2.05) is 12.1 Å². The van der Waals surface area contributed by atoms with Crippen LogP contribution in [0.5, 0.6) is 5.75 Å². The molecule has 0 aliphatic carbocycles. The first-order chi connectivity index (χ1) is 8.98. The molecule has 0 unspecified atom stereocenters. The zero-order valence-electron chi connectivity index (χ0n) is 11.0. The van der Waals surface area contributed by atoms with Crippen molar-refractivity contribution in [2.24, 2.45) is 0 Å². The fourth-order valence-electron chi connectivity index (χ4n) is 2.38. The molecule has 0 fully saturated rings. The summed E-state index contributed by atoms with van der Waals surface area (Å²) in [6.07, 6.45) is 1.42. The molecule has 0 atom stereocenters. The predicted molar refractivity (Wildman–Crippen MR) is 73.0 cm³/mol. The monoisotopic (exact) mass is 285 g/mol. The number of fused-ring (bicyclic) bond motifs is 1. The summed E-state index contributed by atoms with van der Waals surface area (Å²) in [5.74, 6) is 0.674. The van der Waals surface area contributed by atoms with E-state index in [-0.39, 0.29) is 5.75 Å². The van der Waals surface area contributed by atoms with Crippen LogP contribution >= 0.6 is 0 Å². The zero-order valence-corrected chi connectivity index (χ0v) is 11.8. The van der Waals surface area contributed by atoms with Gasteiger partial charge in [-0.3, -0.25) is 9.45 Å². The van der Waals surface area contributed by atoms with E-state index in [2.05, 4.69) is 11.0 Å². The third kappa shape index (κ3) is 4.19. The molecule has 0 aromatic heterocycles. The van der Waals surface area contributed by atoms with Crippen LogP contribution in [-0.4, -0.2) is 43.8 Å². The van der Waals surface area contributed by atoms with Crippen molar-refractivity contribution >= 4 is 10.1 Å². The highest BCUT2D eigenvalue weighted by molar-refractivity contribution is 7.85. The molecule has 0 saturated carbocycles. The van der Waals surface area contributed by atoms with Gasteiger partial charge in [-0.2, -0.15) is 8.42 Å². The van der Waals surface area contributed by atoms with Crippen LogP contribution in [0, 0.1) is 0 Å². The van der Waals surface area contributed by atoms with Crippen LogP contribution in [0.4, 0.5) is 0 Å². The van der Waals surface area contributed by atoms with Gasteiger partial charge in [-0.05, 0) is 42.6 Å². The van der Waals surface area contributed by atoms with E-state index in [1.54, 1.807) is 7.11 Å². The Morgan fingerprint density at radius 3 is 2.84 bits per heavy atom. The van der Waals surface area contributed by atoms with Crippen molar-refractivity contribution in [1.29, 1.82) is 0 Å². The highest BCUT2D eigenvalue weighted by atomic mass is 32.2. The minimum Gasteiger partial charge on any atom is -0.497 e. The van der Waals surface area contributed by atoms with E-state index in [0.717, 1.165) is 25.3 Å². The number of benzene rings is 1. The van der Waals surface area contributed by atoms with E-state index in [9.17, 15) is 8.42 Å². The van der Waals surface area contributed by atoms with Crippen molar-refractivity contribution in [3.8, 4) is 5.75 Å². The lowest BCUT2D eigenvalue weighted by molar-refractivity contribution is 0.254. The molecular formula is C13H19NO4S. The van der Waals surface area contributed by atoms with Crippen LogP contribution in [-0.2, 0) is 23.1 Å². The lowest BCUT2D eigenvalue weighted by Crippen LogP contribution is -2.32. The Morgan fingerprint density at radius 2 is 2.16 bits per heavy atom. The number of methoxy groups -OCH3 is 1. The summed E-state index contributed by atoms with van der Waals surface area (Å²) < 4.78 is 35.3. The predicted octanol–water partition coefficient (Wildman–Crippen LogP) is 1.33. The van der Waals surface area contributed by atoms with Crippen LogP contribution in [0.25, 0.3) is 0 Å². The summed E-state index contributed by atoms with van der Waals surface area (Å²) in [6.45, 7) is 2.40. The molecule has 1 aliphatic heterocycles. The highest BCUT2D eigenvalue weighted by Crippen LogP contribution is 2.23. The number of hydrogen-bond donors (Lipinski definition) is 1. The Balaban J connectivity index is 1.93. The third-order valence-electron chi connectivity index (χ3n) is 3.38. The molecule has 1 heterocycles.